The Hall–Kier alpha value is -7.29. The maximum absolute atomic E-state index is 9.36. The summed E-state index contributed by atoms with van der Waals surface area (Å²) in [6, 6.07) is 63.1. The van der Waals surface area contributed by atoms with Crippen LogP contribution in [0.25, 0.3) is 88.9 Å². The number of nitriles is 1. The molecule has 5 heteroatoms. The molecule has 5 nitrogen and oxygen atoms in total. The van der Waals surface area contributed by atoms with Gasteiger partial charge in [-0.3, -0.25) is 0 Å². The molecule has 242 valence electrons. The van der Waals surface area contributed by atoms with Crippen molar-refractivity contribution in [2.75, 3.05) is 0 Å². The minimum Gasteiger partial charge on any atom is -0.309 e. The molecule has 0 amide bonds. The topological polar surface area (TPSA) is 59.4 Å². The third kappa shape index (κ3) is 4.70. The van der Waals surface area contributed by atoms with Crippen LogP contribution >= 0.6 is 0 Å². The fraction of sp³-hybridized carbons (Fsp3) is 0. The van der Waals surface area contributed by atoms with E-state index in [-0.39, 0.29) is 0 Å². The molecule has 52 heavy (non-hydrogen) atoms. The molecule has 0 radical (unpaired) electrons. The van der Waals surface area contributed by atoms with Crippen LogP contribution in [0.1, 0.15) is 5.56 Å². The number of fused-ring (bicyclic) bond motifs is 7. The second kappa shape index (κ2) is 11.9. The van der Waals surface area contributed by atoms with Crippen molar-refractivity contribution in [2.24, 2.45) is 0 Å². The van der Waals surface area contributed by atoms with Gasteiger partial charge in [0.15, 0.2) is 5.82 Å². The van der Waals surface area contributed by atoms with Gasteiger partial charge in [-0.25, -0.2) is 9.97 Å². The highest BCUT2D eigenvalue weighted by Crippen LogP contribution is 2.42. The third-order valence-electron chi connectivity index (χ3n) is 9.97. The fourth-order valence-electron chi connectivity index (χ4n) is 7.59. The molecule has 3 heterocycles. The number of aromatic nitrogens is 4. The third-order valence-corrected chi connectivity index (χ3v) is 9.97. The van der Waals surface area contributed by atoms with Crippen LogP contribution in [0.4, 0.5) is 0 Å². The van der Waals surface area contributed by atoms with Crippen LogP contribution < -0.4 is 0 Å². The largest absolute Gasteiger partial charge is 0.309 e. The van der Waals surface area contributed by atoms with Crippen LogP contribution in [-0.2, 0) is 0 Å². The zero-order valence-corrected chi connectivity index (χ0v) is 28.0. The summed E-state index contributed by atoms with van der Waals surface area (Å²) in [6.07, 6.45) is 0. The number of hydrogen-bond donors (Lipinski definition) is 0. The normalized spacial score (nSPS) is 11.4. The quantitative estimate of drug-likeness (QED) is 0.184. The molecule has 0 spiro atoms. The molecule has 0 aliphatic heterocycles. The van der Waals surface area contributed by atoms with Crippen molar-refractivity contribution < 1.29 is 0 Å². The summed E-state index contributed by atoms with van der Waals surface area (Å²) in [6.45, 7) is 0. The Labute approximate surface area is 299 Å². The van der Waals surface area contributed by atoms with E-state index in [0.717, 1.165) is 45.0 Å². The number of nitrogens with zero attached hydrogens (tertiary/aromatic N) is 5. The van der Waals surface area contributed by atoms with E-state index < -0.39 is 0 Å². The van der Waals surface area contributed by atoms with Gasteiger partial charge in [0.25, 0.3) is 0 Å². The van der Waals surface area contributed by atoms with Gasteiger partial charge >= 0.3 is 0 Å². The minimum absolute atomic E-state index is 0.603. The van der Waals surface area contributed by atoms with Crippen molar-refractivity contribution >= 4 is 43.6 Å². The predicted molar refractivity (Wildman–Crippen MR) is 212 cm³/mol. The molecular formula is C47H29N5. The Kier molecular flexibility index (Phi) is 6.80. The Morgan fingerprint density at radius 2 is 0.981 bits per heavy atom. The summed E-state index contributed by atoms with van der Waals surface area (Å²) in [7, 11) is 0. The zero-order chi connectivity index (χ0) is 34.6. The van der Waals surface area contributed by atoms with Crippen molar-refractivity contribution in [3.05, 3.63) is 181 Å². The maximum atomic E-state index is 9.36. The SMILES string of the molecule is N#Cc1ccc(-c2nc(-c3ccccc3)cc(-c3ccc(-n4c5ccccc5c5ccc6c(c7ccccc7n6-c6ccccc6)c54)cc3)n2)cc1. The van der Waals surface area contributed by atoms with E-state index in [2.05, 4.69) is 149 Å². The molecule has 0 unspecified atom stereocenters. The molecule has 0 aliphatic carbocycles. The smallest absolute Gasteiger partial charge is 0.160 e. The monoisotopic (exact) mass is 663 g/mol. The van der Waals surface area contributed by atoms with Gasteiger partial charge in [-0.15, -0.1) is 0 Å². The van der Waals surface area contributed by atoms with Crippen molar-refractivity contribution in [1.29, 1.82) is 5.26 Å². The van der Waals surface area contributed by atoms with Crippen molar-refractivity contribution in [3.8, 4) is 51.3 Å². The first-order valence-electron chi connectivity index (χ1n) is 17.3. The van der Waals surface area contributed by atoms with E-state index in [0.29, 0.717) is 11.4 Å². The van der Waals surface area contributed by atoms with E-state index in [1.54, 1.807) is 0 Å². The van der Waals surface area contributed by atoms with Crippen molar-refractivity contribution in [1.82, 2.24) is 19.1 Å². The van der Waals surface area contributed by atoms with Crippen molar-refractivity contribution in [2.45, 2.75) is 0 Å². The lowest BCUT2D eigenvalue weighted by molar-refractivity contribution is 1.17. The Morgan fingerprint density at radius 3 is 1.67 bits per heavy atom. The number of para-hydroxylation sites is 3. The summed E-state index contributed by atoms with van der Waals surface area (Å²) in [5, 5.41) is 14.2. The second-order valence-corrected chi connectivity index (χ2v) is 13.0. The van der Waals surface area contributed by atoms with Crippen LogP contribution in [0.15, 0.2) is 176 Å². The Balaban J connectivity index is 1.18. The highest BCUT2D eigenvalue weighted by atomic mass is 15.0. The molecule has 0 bridgehead atoms. The van der Waals surface area contributed by atoms with E-state index in [9.17, 15) is 5.26 Å². The first kappa shape index (κ1) is 29.6. The van der Waals surface area contributed by atoms with E-state index in [4.69, 9.17) is 9.97 Å². The molecule has 10 aromatic rings. The van der Waals surface area contributed by atoms with Gasteiger partial charge in [0.05, 0.1) is 45.1 Å². The van der Waals surface area contributed by atoms with E-state index >= 15 is 0 Å². The fourth-order valence-corrected chi connectivity index (χ4v) is 7.59. The van der Waals surface area contributed by atoms with Gasteiger partial charge in [-0.2, -0.15) is 5.26 Å². The van der Waals surface area contributed by atoms with Crippen LogP contribution in [0.2, 0.25) is 0 Å². The Bertz CT molecular complexity index is 2990. The molecule has 0 fully saturated rings. The first-order chi connectivity index (χ1) is 25.7. The number of benzene rings is 7. The average Bonchev–Trinajstić information content (AvgIpc) is 3.74. The van der Waals surface area contributed by atoms with Gasteiger partial charge in [0.1, 0.15) is 0 Å². The van der Waals surface area contributed by atoms with Crippen LogP contribution in [0, 0.1) is 11.3 Å². The molecule has 0 aliphatic rings. The highest BCUT2D eigenvalue weighted by molar-refractivity contribution is 6.26. The minimum atomic E-state index is 0.603. The summed E-state index contributed by atoms with van der Waals surface area (Å²) < 4.78 is 4.79. The number of hydrogen-bond acceptors (Lipinski definition) is 3. The molecule has 0 N–H and O–H groups in total. The van der Waals surface area contributed by atoms with Gasteiger partial charge in [0.2, 0.25) is 0 Å². The van der Waals surface area contributed by atoms with Crippen LogP contribution in [0.3, 0.4) is 0 Å². The molecule has 0 saturated heterocycles. The molecule has 0 saturated carbocycles. The summed E-state index contributed by atoms with van der Waals surface area (Å²) in [5.41, 5.74) is 12.0. The molecule has 10 rings (SSSR count). The summed E-state index contributed by atoms with van der Waals surface area (Å²) >= 11 is 0. The first-order valence-corrected chi connectivity index (χ1v) is 17.3. The van der Waals surface area contributed by atoms with Crippen LogP contribution in [-0.4, -0.2) is 19.1 Å². The standard InChI is InChI=1S/C47H29N5/c48-30-31-19-21-34(22-20-31)47-49-40(32-11-3-1-4-12-32)29-41(50-47)33-23-25-36(26-24-33)52-42-17-9-7-15-37(42)38-27-28-44-45(46(38)52)39-16-8-10-18-43(39)51(44)35-13-5-2-6-14-35/h1-29H. The van der Waals surface area contributed by atoms with Gasteiger partial charge in [-0.05, 0) is 72.8 Å². The lowest BCUT2D eigenvalue weighted by atomic mass is 10.1. The molecular weight excluding hydrogens is 635 g/mol. The summed E-state index contributed by atoms with van der Waals surface area (Å²) in [5.74, 6) is 0.615. The Morgan fingerprint density at radius 1 is 0.423 bits per heavy atom. The van der Waals surface area contributed by atoms with Crippen LogP contribution in [0.5, 0.6) is 0 Å². The lowest BCUT2D eigenvalue weighted by Gasteiger charge is -2.12. The van der Waals surface area contributed by atoms with E-state index in [1.807, 2.05) is 42.5 Å². The molecule has 7 aromatic carbocycles. The van der Waals surface area contributed by atoms with Gasteiger partial charge in [0, 0.05) is 49.6 Å². The second-order valence-electron chi connectivity index (χ2n) is 13.0. The van der Waals surface area contributed by atoms with E-state index in [1.165, 1.54) is 38.1 Å². The molecule has 0 atom stereocenters. The van der Waals surface area contributed by atoms with Crippen molar-refractivity contribution in [3.63, 3.8) is 0 Å². The summed E-state index contributed by atoms with van der Waals surface area (Å²) in [4.78, 5) is 10.0. The van der Waals surface area contributed by atoms with Gasteiger partial charge < -0.3 is 9.13 Å². The maximum Gasteiger partial charge on any atom is 0.160 e. The highest BCUT2D eigenvalue weighted by Gasteiger charge is 2.21. The average molecular weight is 664 g/mol. The zero-order valence-electron chi connectivity index (χ0n) is 28.0. The number of rotatable bonds is 5. The van der Waals surface area contributed by atoms with Gasteiger partial charge in [-0.1, -0.05) is 103 Å². The lowest BCUT2D eigenvalue weighted by Crippen LogP contribution is -1.97. The molecule has 3 aromatic heterocycles. The predicted octanol–water partition coefficient (Wildman–Crippen LogP) is 11.5.